The number of carbonyl (C=O) groups excluding carboxylic acids is 1. The molecule has 2 nitrogen and oxygen atoms in total. The second-order valence-corrected chi connectivity index (χ2v) is 4.76. The molecule has 1 aliphatic heterocycles. The second kappa shape index (κ2) is 6.01. The Hall–Kier alpha value is -0.530. The van der Waals surface area contributed by atoms with Crippen molar-refractivity contribution in [1.82, 2.24) is 0 Å². The molecule has 0 aliphatic carbocycles. The highest BCUT2D eigenvalue weighted by Gasteiger charge is 2.14. The van der Waals surface area contributed by atoms with Crippen molar-refractivity contribution < 1.29 is 4.79 Å². The highest BCUT2D eigenvalue weighted by Crippen LogP contribution is 2.29. The molecule has 1 fully saturated rings. The molecule has 1 aliphatic rings. The largest absolute Gasteiger partial charge is 0.235 e. The Morgan fingerprint density at radius 3 is 3.08 bits per heavy atom. The van der Waals surface area contributed by atoms with Crippen LogP contribution in [0.5, 0.6) is 0 Å². The first-order valence-electron chi connectivity index (χ1n) is 4.65. The molecule has 0 aromatic carbocycles. The minimum atomic E-state index is 0.459. The van der Waals surface area contributed by atoms with Crippen molar-refractivity contribution in [3.63, 3.8) is 0 Å². The van der Waals surface area contributed by atoms with Crippen LogP contribution in [0, 0.1) is 0 Å². The first-order valence-corrected chi connectivity index (χ1v) is 5.69. The van der Waals surface area contributed by atoms with Gasteiger partial charge in [0.15, 0.2) is 0 Å². The van der Waals surface area contributed by atoms with Crippen molar-refractivity contribution in [1.29, 1.82) is 0 Å². The van der Waals surface area contributed by atoms with Crippen LogP contribution in [0.2, 0.25) is 0 Å². The molecule has 0 aromatic rings. The summed E-state index contributed by atoms with van der Waals surface area (Å²) in [6, 6.07) is 0. The van der Waals surface area contributed by atoms with Gasteiger partial charge in [0.25, 0.3) is 0 Å². The lowest BCUT2D eigenvalue weighted by Crippen LogP contribution is -2.10. The Morgan fingerprint density at radius 2 is 2.46 bits per heavy atom. The lowest BCUT2D eigenvalue weighted by Gasteiger charge is -2.21. The zero-order chi connectivity index (χ0) is 9.52. The number of isocyanates is 1. The topological polar surface area (TPSA) is 29.4 Å². The molecule has 0 N–H and O–H groups in total. The predicted molar refractivity (Wildman–Crippen MR) is 56.8 cm³/mol. The maximum Gasteiger partial charge on any atom is 0.235 e. The Morgan fingerprint density at radius 1 is 1.62 bits per heavy atom. The summed E-state index contributed by atoms with van der Waals surface area (Å²) >= 11 is 2.02. The van der Waals surface area contributed by atoms with E-state index in [2.05, 4.69) is 11.6 Å². The summed E-state index contributed by atoms with van der Waals surface area (Å²) in [5.41, 5.74) is 1.06. The molecule has 0 aromatic heterocycles. The molecule has 1 atom stereocenters. The van der Waals surface area contributed by atoms with E-state index in [0.717, 1.165) is 12.0 Å². The fourth-order valence-electron chi connectivity index (χ4n) is 1.50. The third-order valence-corrected chi connectivity index (χ3v) is 3.56. The van der Waals surface area contributed by atoms with Gasteiger partial charge in [0.1, 0.15) is 0 Å². The Bertz CT molecular complexity index is 215. The SMILES string of the molecule is C=C(CN=C=O)CC1CCCCS1. The summed E-state index contributed by atoms with van der Waals surface area (Å²) in [7, 11) is 0. The third kappa shape index (κ3) is 4.30. The number of hydrogen-bond acceptors (Lipinski definition) is 3. The molecule has 1 unspecified atom stereocenters. The summed E-state index contributed by atoms with van der Waals surface area (Å²) < 4.78 is 0. The average Bonchev–Trinajstić information content (AvgIpc) is 2.16. The van der Waals surface area contributed by atoms with Crippen LogP contribution in [0.25, 0.3) is 0 Å². The average molecular weight is 197 g/mol. The molecule has 0 saturated carbocycles. The highest BCUT2D eigenvalue weighted by molar-refractivity contribution is 7.99. The van der Waals surface area contributed by atoms with E-state index in [-0.39, 0.29) is 0 Å². The maximum absolute atomic E-state index is 9.86. The van der Waals surface area contributed by atoms with Gasteiger partial charge in [-0.25, -0.2) is 9.79 Å². The molecule has 0 spiro atoms. The summed E-state index contributed by atoms with van der Waals surface area (Å²) in [4.78, 5) is 13.4. The second-order valence-electron chi connectivity index (χ2n) is 3.35. The minimum Gasteiger partial charge on any atom is -0.211 e. The molecule has 0 amide bonds. The molecule has 72 valence electrons. The number of nitrogens with zero attached hydrogens (tertiary/aromatic N) is 1. The van der Waals surface area contributed by atoms with E-state index >= 15 is 0 Å². The van der Waals surface area contributed by atoms with Crippen LogP contribution in [0.4, 0.5) is 0 Å². The highest BCUT2D eigenvalue weighted by atomic mass is 32.2. The Labute approximate surface area is 83.5 Å². The van der Waals surface area contributed by atoms with Crippen LogP contribution in [0.15, 0.2) is 17.1 Å². The molecule has 0 radical (unpaired) electrons. The van der Waals surface area contributed by atoms with Gasteiger partial charge in [-0.15, -0.1) is 0 Å². The third-order valence-electron chi connectivity index (χ3n) is 2.16. The van der Waals surface area contributed by atoms with Crippen LogP contribution >= 0.6 is 11.8 Å². The monoisotopic (exact) mass is 197 g/mol. The number of rotatable bonds is 4. The van der Waals surface area contributed by atoms with Crippen molar-refractivity contribution in [2.45, 2.75) is 30.9 Å². The van der Waals surface area contributed by atoms with E-state index in [9.17, 15) is 4.79 Å². The molecule has 13 heavy (non-hydrogen) atoms. The zero-order valence-electron chi connectivity index (χ0n) is 7.79. The standard InChI is InChI=1S/C10H15NOS/c1-9(7-11-8-12)6-10-4-2-3-5-13-10/h10H,1-7H2. The van der Waals surface area contributed by atoms with E-state index in [0.29, 0.717) is 11.8 Å². The maximum atomic E-state index is 9.86. The van der Waals surface area contributed by atoms with Crippen molar-refractivity contribution in [2.75, 3.05) is 12.3 Å². The fourth-order valence-corrected chi connectivity index (χ4v) is 2.89. The summed E-state index contributed by atoms with van der Waals surface area (Å²) in [5.74, 6) is 1.27. The summed E-state index contributed by atoms with van der Waals surface area (Å²) in [6.07, 6.45) is 6.52. The lowest BCUT2D eigenvalue weighted by atomic mass is 10.1. The molecular weight excluding hydrogens is 182 g/mol. The van der Waals surface area contributed by atoms with Gasteiger partial charge in [-0.1, -0.05) is 18.6 Å². The molecule has 1 saturated heterocycles. The van der Waals surface area contributed by atoms with E-state index in [4.69, 9.17) is 0 Å². The predicted octanol–water partition coefficient (Wildman–Crippen LogP) is 2.55. The quantitative estimate of drug-likeness (QED) is 0.394. The van der Waals surface area contributed by atoms with E-state index < -0.39 is 0 Å². The normalized spacial score (nSPS) is 22.0. The van der Waals surface area contributed by atoms with Gasteiger partial charge in [-0.2, -0.15) is 11.8 Å². The molecule has 1 heterocycles. The first kappa shape index (κ1) is 10.6. The van der Waals surface area contributed by atoms with Gasteiger partial charge in [-0.05, 0) is 25.0 Å². The van der Waals surface area contributed by atoms with Crippen molar-refractivity contribution in [3.8, 4) is 0 Å². The van der Waals surface area contributed by atoms with Crippen LogP contribution < -0.4 is 0 Å². The molecule has 1 rings (SSSR count). The van der Waals surface area contributed by atoms with E-state index in [1.165, 1.54) is 25.0 Å². The zero-order valence-corrected chi connectivity index (χ0v) is 8.61. The number of thioether (sulfide) groups is 1. The van der Waals surface area contributed by atoms with Crippen LogP contribution in [0.3, 0.4) is 0 Å². The number of aliphatic imine (C=N–C) groups is 1. The van der Waals surface area contributed by atoms with Crippen molar-refractivity contribution in [3.05, 3.63) is 12.2 Å². The van der Waals surface area contributed by atoms with Crippen LogP contribution in [-0.2, 0) is 4.79 Å². The molecule has 3 heteroatoms. The van der Waals surface area contributed by atoms with Gasteiger partial charge in [-0.3, -0.25) is 0 Å². The van der Waals surface area contributed by atoms with Crippen molar-refractivity contribution in [2.24, 2.45) is 4.99 Å². The van der Waals surface area contributed by atoms with Gasteiger partial charge in [0.2, 0.25) is 6.08 Å². The van der Waals surface area contributed by atoms with Gasteiger partial charge < -0.3 is 0 Å². The smallest absolute Gasteiger partial charge is 0.211 e. The van der Waals surface area contributed by atoms with Gasteiger partial charge in [0, 0.05) is 5.25 Å². The Kier molecular flexibility index (Phi) is 4.87. The molecular formula is C10H15NOS. The van der Waals surface area contributed by atoms with Gasteiger partial charge >= 0.3 is 0 Å². The minimum absolute atomic E-state index is 0.459. The number of hydrogen-bond donors (Lipinski definition) is 0. The lowest BCUT2D eigenvalue weighted by molar-refractivity contribution is 0.563. The Balaban J connectivity index is 2.21. The van der Waals surface area contributed by atoms with E-state index in [1.54, 1.807) is 6.08 Å². The van der Waals surface area contributed by atoms with Crippen LogP contribution in [0.1, 0.15) is 25.7 Å². The summed E-state index contributed by atoms with van der Waals surface area (Å²) in [6.45, 7) is 4.36. The molecule has 0 bridgehead atoms. The first-order chi connectivity index (χ1) is 6.33. The van der Waals surface area contributed by atoms with Crippen LogP contribution in [-0.4, -0.2) is 23.6 Å². The van der Waals surface area contributed by atoms with Gasteiger partial charge in [0.05, 0.1) is 6.54 Å². The van der Waals surface area contributed by atoms with E-state index in [1.807, 2.05) is 11.8 Å². The fraction of sp³-hybridized carbons (Fsp3) is 0.700. The summed E-state index contributed by atoms with van der Waals surface area (Å²) in [5, 5.41) is 0.711. The van der Waals surface area contributed by atoms with Crippen molar-refractivity contribution >= 4 is 17.8 Å².